The van der Waals surface area contributed by atoms with Crippen LogP contribution in [0, 0.1) is 22.7 Å². The fourth-order valence-corrected chi connectivity index (χ4v) is 7.01. The lowest BCUT2D eigenvalue weighted by molar-refractivity contribution is -0.332. The summed E-state index contributed by atoms with van der Waals surface area (Å²) in [6.07, 6.45) is -0.779. The van der Waals surface area contributed by atoms with Gasteiger partial charge in [-0.05, 0) is 30.2 Å². The van der Waals surface area contributed by atoms with Crippen molar-refractivity contribution in [1.82, 2.24) is 0 Å². The normalized spacial score (nSPS) is 38.1. The molecule has 1 N–H and O–H groups in total. The number of ether oxygens (including phenoxy) is 3. The maximum Gasteiger partial charge on any atom is 0.303 e. The van der Waals surface area contributed by atoms with Gasteiger partial charge in [-0.15, -0.1) is 0 Å². The quantitative estimate of drug-likeness (QED) is 0.517. The molecule has 1 aromatic rings. The van der Waals surface area contributed by atoms with Crippen LogP contribution in [0.4, 0.5) is 0 Å². The van der Waals surface area contributed by atoms with Gasteiger partial charge in [0.05, 0.1) is 17.7 Å². The van der Waals surface area contributed by atoms with Crippen molar-refractivity contribution >= 4 is 23.7 Å². The number of hydrogen-bond acceptors (Lipinski definition) is 9. The number of fused-ring (bicyclic) bond motifs is 4. The van der Waals surface area contributed by atoms with Crippen molar-refractivity contribution < 1.29 is 42.9 Å². The average molecular weight is 477 g/mol. The van der Waals surface area contributed by atoms with Crippen LogP contribution in [0.2, 0.25) is 0 Å². The molecule has 0 aromatic carbocycles. The second kappa shape index (κ2) is 7.93. The van der Waals surface area contributed by atoms with Crippen molar-refractivity contribution in [2.45, 2.75) is 84.7 Å². The summed E-state index contributed by atoms with van der Waals surface area (Å²) >= 11 is 0. The number of ketones is 1. The predicted molar refractivity (Wildman–Crippen MR) is 116 cm³/mol. The second-order valence-electron chi connectivity index (χ2n) is 10.6. The highest BCUT2D eigenvalue weighted by atomic mass is 16.6. The molecule has 0 amide bonds. The van der Waals surface area contributed by atoms with Crippen LogP contribution in [0.3, 0.4) is 0 Å². The molecule has 9 nitrogen and oxygen atoms in total. The summed E-state index contributed by atoms with van der Waals surface area (Å²) in [5.74, 6) is -3.28. The molecule has 0 radical (unpaired) electrons. The van der Waals surface area contributed by atoms with Crippen LogP contribution in [-0.2, 0) is 35.0 Å². The van der Waals surface area contributed by atoms with Crippen LogP contribution in [0.5, 0.6) is 0 Å². The molecular weight excluding hydrogens is 444 g/mol. The van der Waals surface area contributed by atoms with Crippen molar-refractivity contribution in [3.63, 3.8) is 0 Å². The number of rotatable bonds is 3. The Morgan fingerprint density at radius 2 is 1.65 bits per heavy atom. The molecule has 9 heteroatoms. The van der Waals surface area contributed by atoms with Gasteiger partial charge < -0.3 is 23.7 Å². The molecule has 0 aliphatic heterocycles. The van der Waals surface area contributed by atoms with Gasteiger partial charge in [0.15, 0.2) is 18.0 Å². The number of Topliss-reactive ketones (excluding diaryl/α,β-unsaturated/α-hetero) is 1. The monoisotopic (exact) mass is 476 g/mol. The standard InChI is InChI=1S/C25H32O9/c1-12(26)32-18-7-9-23(4,5)25(30)22(34-14(3)28)21(33-13(2)27)19-16(24(18,25)6)11-17-15(20(19)29)8-10-31-17/h8,10,16,18-19,21-22,30H,7,9,11H2,1-6H3/t16-,18-,19+,21+,22-,24-,25+/m0/s1. The molecule has 186 valence electrons. The Hall–Kier alpha value is -2.68. The first-order chi connectivity index (χ1) is 15.8. The fourth-order valence-electron chi connectivity index (χ4n) is 7.01. The lowest BCUT2D eigenvalue weighted by atomic mass is 9.39. The zero-order valence-electron chi connectivity index (χ0n) is 20.4. The minimum Gasteiger partial charge on any atom is -0.469 e. The summed E-state index contributed by atoms with van der Waals surface area (Å²) in [5.41, 5.74) is -3.53. The van der Waals surface area contributed by atoms with Crippen LogP contribution in [0.1, 0.15) is 70.5 Å². The van der Waals surface area contributed by atoms with E-state index in [-0.39, 0.29) is 12.2 Å². The SMILES string of the molecule is CC(=O)O[C@@H]1[C@H]2C(=O)c3ccoc3C[C@@H]2[C@@]2(C)[C@@H](OC(C)=O)CCC(C)(C)[C@]2(O)[C@H]1OC(C)=O. The topological polar surface area (TPSA) is 129 Å². The number of hydrogen-bond donors (Lipinski definition) is 1. The maximum absolute atomic E-state index is 13.8. The van der Waals surface area contributed by atoms with E-state index in [0.29, 0.717) is 24.2 Å². The lowest BCUT2D eigenvalue weighted by Gasteiger charge is -2.69. The zero-order chi connectivity index (χ0) is 25.2. The number of carbonyl (C=O) groups excluding carboxylic acids is 4. The Morgan fingerprint density at radius 3 is 2.24 bits per heavy atom. The van der Waals surface area contributed by atoms with Gasteiger partial charge in [-0.1, -0.05) is 20.8 Å². The number of esters is 3. The van der Waals surface area contributed by atoms with Gasteiger partial charge >= 0.3 is 17.9 Å². The first-order valence-corrected chi connectivity index (χ1v) is 11.6. The van der Waals surface area contributed by atoms with E-state index in [1.54, 1.807) is 13.0 Å². The first kappa shape index (κ1) is 24.4. The van der Waals surface area contributed by atoms with Crippen LogP contribution < -0.4 is 0 Å². The third-order valence-corrected chi connectivity index (χ3v) is 8.44. The molecule has 0 spiro atoms. The summed E-state index contributed by atoms with van der Waals surface area (Å²) in [4.78, 5) is 50.3. The Labute approximate surface area is 198 Å². The van der Waals surface area contributed by atoms with Crippen molar-refractivity contribution in [2.75, 3.05) is 0 Å². The first-order valence-electron chi connectivity index (χ1n) is 11.6. The third-order valence-electron chi connectivity index (χ3n) is 8.44. The van der Waals surface area contributed by atoms with E-state index in [0.717, 1.165) is 0 Å². The van der Waals surface area contributed by atoms with Crippen molar-refractivity contribution in [3.8, 4) is 0 Å². The summed E-state index contributed by atoms with van der Waals surface area (Å²) in [7, 11) is 0. The van der Waals surface area contributed by atoms with Gasteiger partial charge in [0.1, 0.15) is 17.5 Å². The molecule has 34 heavy (non-hydrogen) atoms. The smallest absolute Gasteiger partial charge is 0.303 e. The van der Waals surface area contributed by atoms with E-state index < -0.39 is 64.5 Å². The summed E-state index contributed by atoms with van der Waals surface area (Å²) < 4.78 is 22.7. The van der Waals surface area contributed by atoms with Crippen LogP contribution in [0.25, 0.3) is 0 Å². The van der Waals surface area contributed by atoms with Crippen LogP contribution in [0.15, 0.2) is 16.7 Å². The minimum absolute atomic E-state index is 0.260. The summed E-state index contributed by atoms with van der Waals surface area (Å²) in [5, 5.41) is 12.7. The average Bonchev–Trinajstić information content (AvgIpc) is 3.19. The number of aliphatic hydroxyl groups is 1. The van der Waals surface area contributed by atoms with Gasteiger partial charge in [-0.3, -0.25) is 19.2 Å². The highest BCUT2D eigenvalue weighted by Gasteiger charge is 2.77. The molecule has 3 aliphatic rings. The van der Waals surface area contributed by atoms with Gasteiger partial charge in [-0.2, -0.15) is 0 Å². The summed E-state index contributed by atoms with van der Waals surface area (Å²) in [6, 6.07) is 1.57. The maximum atomic E-state index is 13.8. The van der Waals surface area contributed by atoms with E-state index in [1.807, 2.05) is 13.8 Å². The third kappa shape index (κ3) is 3.23. The van der Waals surface area contributed by atoms with Crippen molar-refractivity contribution in [2.24, 2.45) is 22.7 Å². The molecule has 1 heterocycles. The highest BCUT2D eigenvalue weighted by Crippen LogP contribution is 2.66. The molecule has 0 unspecified atom stereocenters. The molecule has 2 fully saturated rings. The second-order valence-corrected chi connectivity index (χ2v) is 10.6. The Kier molecular flexibility index (Phi) is 5.70. The van der Waals surface area contributed by atoms with Crippen molar-refractivity contribution in [1.29, 1.82) is 0 Å². The zero-order valence-corrected chi connectivity index (χ0v) is 20.4. The number of furan rings is 1. The molecule has 3 aliphatic carbocycles. The Bertz CT molecular complexity index is 1040. The molecule has 0 bridgehead atoms. The van der Waals surface area contributed by atoms with Crippen LogP contribution >= 0.6 is 0 Å². The van der Waals surface area contributed by atoms with E-state index >= 15 is 0 Å². The van der Waals surface area contributed by atoms with Gasteiger partial charge in [0.25, 0.3) is 0 Å². The molecule has 0 saturated heterocycles. The van der Waals surface area contributed by atoms with Gasteiger partial charge in [0.2, 0.25) is 0 Å². The number of carbonyl (C=O) groups is 4. The molecule has 7 atom stereocenters. The largest absolute Gasteiger partial charge is 0.469 e. The van der Waals surface area contributed by atoms with Gasteiger partial charge in [0, 0.05) is 32.6 Å². The predicted octanol–water partition coefficient (Wildman–Crippen LogP) is 2.62. The Balaban J connectivity index is 2.02. The van der Waals surface area contributed by atoms with Crippen molar-refractivity contribution in [3.05, 3.63) is 23.7 Å². The fraction of sp³-hybridized carbons (Fsp3) is 0.680. The van der Waals surface area contributed by atoms with E-state index in [1.165, 1.54) is 27.0 Å². The van der Waals surface area contributed by atoms with E-state index in [9.17, 15) is 24.3 Å². The minimum atomic E-state index is -1.81. The molecule has 4 rings (SSSR count). The Morgan fingerprint density at radius 1 is 1.03 bits per heavy atom. The van der Waals surface area contributed by atoms with Gasteiger partial charge in [-0.25, -0.2) is 0 Å². The molecule has 2 saturated carbocycles. The highest BCUT2D eigenvalue weighted by molar-refractivity contribution is 6.00. The lowest BCUT2D eigenvalue weighted by Crippen LogP contribution is -2.80. The van der Waals surface area contributed by atoms with Crippen LogP contribution in [-0.4, -0.2) is 52.7 Å². The van der Waals surface area contributed by atoms with E-state index in [4.69, 9.17) is 18.6 Å². The van der Waals surface area contributed by atoms with E-state index in [2.05, 4.69) is 0 Å². The molecule has 1 aromatic heterocycles. The summed E-state index contributed by atoms with van der Waals surface area (Å²) in [6.45, 7) is 9.18. The molecular formula is C25H32O9.